The number of esters is 2. The van der Waals surface area contributed by atoms with Crippen LogP contribution in [-0.2, 0) is 19.1 Å². The summed E-state index contributed by atoms with van der Waals surface area (Å²) in [5, 5.41) is 0. The van der Waals surface area contributed by atoms with Crippen molar-refractivity contribution in [1.29, 1.82) is 0 Å². The Balaban J connectivity index is 2.36. The van der Waals surface area contributed by atoms with Gasteiger partial charge in [0.2, 0.25) is 0 Å². The third-order valence-electron chi connectivity index (χ3n) is 4.90. The highest BCUT2D eigenvalue weighted by atomic mass is 16.6. The Morgan fingerprint density at radius 3 is 2.26 bits per heavy atom. The van der Waals surface area contributed by atoms with Crippen molar-refractivity contribution in [3.05, 3.63) is 0 Å². The Labute approximate surface area is 114 Å². The SMILES string of the molecule is CC(=O)O[C@H]1CCC[C@@]2(C)CCCC[C@@]12OC(C)=O. The summed E-state index contributed by atoms with van der Waals surface area (Å²) in [6, 6.07) is 0. The lowest BCUT2D eigenvalue weighted by atomic mass is 9.56. The molecule has 0 N–H and O–H groups in total. The van der Waals surface area contributed by atoms with Crippen LogP contribution in [0.25, 0.3) is 0 Å². The molecule has 2 rings (SSSR count). The van der Waals surface area contributed by atoms with Crippen molar-refractivity contribution in [2.75, 3.05) is 0 Å². The van der Waals surface area contributed by atoms with Gasteiger partial charge in [-0.05, 0) is 38.5 Å². The first-order valence-electron chi connectivity index (χ1n) is 7.26. The first-order chi connectivity index (χ1) is 8.90. The fourth-order valence-electron chi connectivity index (χ4n) is 4.06. The van der Waals surface area contributed by atoms with Crippen molar-refractivity contribution in [2.45, 2.75) is 77.4 Å². The van der Waals surface area contributed by atoms with E-state index in [4.69, 9.17) is 9.47 Å². The largest absolute Gasteiger partial charge is 0.458 e. The third-order valence-corrected chi connectivity index (χ3v) is 4.90. The molecular weight excluding hydrogens is 244 g/mol. The zero-order valence-electron chi connectivity index (χ0n) is 12.2. The molecule has 0 amide bonds. The number of hydrogen-bond donors (Lipinski definition) is 0. The molecule has 0 aromatic heterocycles. The van der Waals surface area contributed by atoms with Gasteiger partial charge in [-0.2, -0.15) is 0 Å². The van der Waals surface area contributed by atoms with Crippen LogP contribution in [-0.4, -0.2) is 23.6 Å². The molecular formula is C15H24O4. The van der Waals surface area contributed by atoms with Crippen LogP contribution in [0.1, 0.15) is 65.7 Å². The van der Waals surface area contributed by atoms with E-state index in [0.717, 1.165) is 44.9 Å². The van der Waals surface area contributed by atoms with E-state index in [1.54, 1.807) is 0 Å². The molecule has 0 saturated heterocycles. The molecule has 4 heteroatoms. The summed E-state index contributed by atoms with van der Waals surface area (Å²) >= 11 is 0. The molecule has 0 unspecified atom stereocenters. The van der Waals surface area contributed by atoms with Crippen LogP contribution in [0.3, 0.4) is 0 Å². The van der Waals surface area contributed by atoms with Crippen LogP contribution < -0.4 is 0 Å². The molecule has 2 aliphatic carbocycles. The van der Waals surface area contributed by atoms with Crippen LogP contribution in [0.5, 0.6) is 0 Å². The second-order valence-corrected chi connectivity index (χ2v) is 6.24. The molecule has 2 fully saturated rings. The molecule has 0 spiro atoms. The number of carbonyl (C=O) groups is 2. The Hall–Kier alpha value is -1.06. The monoisotopic (exact) mass is 268 g/mol. The van der Waals surface area contributed by atoms with Crippen LogP contribution in [0, 0.1) is 5.41 Å². The van der Waals surface area contributed by atoms with Gasteiger partial charge in [-0.3, -0.25) is 9.59 Å². The topological polar surface area (TPSA) is 52.6 Å². The summed E-state index contributed by atoms with van der Waals surface area (Å²) in [4.78, 5) is 22.9. The summed E-state index contributed by atoms with van der Waals surface area (Å²) in [5.74, 6) is -0.557. The maximum absolute atomic E-state index is 11.6. The van der Waals surface area contributed by atoms with Crippen molar-refractivity contribution in [1.82, 2.24) is 0 Å². The molecule has 0 aliphatic heterocycles. The Morgan fingerprint density at radius 1 is 1.00 bits per heavy atom. The van der Waals surface area contributed by atoms with Crippen LogP contribution >= 0.6 is 0 Å². The van der Waals surface area contributed by atoms with Crippen LogP contribution in [0.4, 0.5) is 0 Å². The molecule has 2 aliphatic rings. The fourth-order valence-corrected chi connectivity index (χ4v) is 4.06. The summed E-state index contributed by atoms with van der Waals surface area (Å²) < 4.78 is 11.3. The molecule has 0 radical (unpaired) electrons. The van der Waals surface area contributed by atoms with Gasteiger partial charge in [0.1, 0.15) is 6.10 Å². The van der Waals surface area contributed by atoms with Crippen molar-refractivity contribution < 1.29 is 19.1 Å². The maximum Gasteiger partial charge on any atom is 0.303 e. The average molecular weight is 268 g/mol. The van der Waals surface area contributed by atoms with E-state index in [-0.39, 0.29) is 23.5 Å². The molecule has 0 bridgehead atoms. The lowest BCUT2D eigenvalue weighted by molar-refractivity contribution is -0.232. The Bertz CT molecular complexity index is 374. The van der Waals surface area contributed by atoms with Crippen LogP contribution in [0.2, 0.25) is 0 Å². The smallest absolute Gasteiger partial charge is 0.303 e. The van der Waals surface area contributed by atoms with Crippen molar-refractivity contribution >= 4 is 11.9 Å². The number of rotatable bonds is 2. The van der Waals surface area contributed by atoms with Gasteiger partial charge < -0.3 is 9.47 Å². The second-order valence-electron chi connectivity index (χ2n) is 6.24. The van der Waals surface area contributed by atoms with E-state index in [2.05, 4.69) is 6.92 Å². The number of carbonyl (C=O) groups excluding carboxylic acids is 2. The zero-order chi connectivity index (χ0) is 14.1. The third kappa shape index (κ3) is 2.49. The molecule has 2 saturated carbocycles. The normalized spacial score (nSPS) is 38.2. The molecule has 0 aromatic carbocycles. The van der Waals surface area contributed by atoms with E-state index >= 15 is 0 Å². The minimum atomic E-state index is -0.610. The van der Waals surface area contributed by atoms with Crippen molar-refractivity contribution in [2.24, 2.45) is 5.41 Å². The summed E-state index contributed by atoms with van der Waals surface area (Å²) in [7, 11) is 0. The quantitative estimate of drug-likeness (QED) is 0.722. The van der Waals surface area contributed by atoms with E-state index in [1.807, 2.05) is 0 Å². The molecule has 3 atom stereocenters. The minimum absolute atomic E-state index is 0.0602. The first-order valence-corrected chi connectivity index (χ1v) is 7.26. The predicted molar refractivity (Wildman–Crippen MR) is 70.5 cm³/mol. The van der Waals surface area contributed by atoms with E-state index in [0.29, 0.717) is 0 Å². The fraction of sp³-hybridized carbons (Fsp3) is 0.867. The predicted octanol–water partition coefficient (Wildman–Crippen LogP) is 2.98. The molecule has 108 valence electrons. The van der Waals surface area contributed by atoms with Gasteiger partial charge in [-0.15, -0.1) is 0 Å². The van der Waals surface area contributed by atoms with Crippen LogP contribution in [0.15, 0.2) is 0 Å². The Morgan fingerprint density at radius 2 is 1.63 bits per heavy atom. The highest BCUT2D eigenvalue weighted by Crippen LogP contribution is 2.55. The van der Waals surface area contributed by atoms with E-state index < -0.39 is 5.60 Å². The van der Waals surface area contributed by atoms with Gasteiger partial charge >= 0.3 is 11.9 Å². The zero-order valence-corrected chi connectivity index (χ0v) is 12.2. The highest BCUT2D eigenvalue weighted by Gasteiger charge is 2.60. The highest BCUT2D eigenvalue weighted by molar-refractivity contribution is 5.68. The van der Waals surface area contributed by atoms with Gasteiger partial charge in [0.25, 0.3) is 0 Å². The van der Waals surface area contributed by atoms with Gasteiger partial charge in [0, 0.05) is 19.3 Å². The lowest BCUT2D eigenvalue weighted by Gasteiger charge is -2.56. The minimum Gasteiger partial charge on any atom is -0.458 e. The second kappa shape index (κ2) is 5.14. The summed E-state index contributed by atoms with van der Waals surface area (Å²) in [6.45, 7) is 5.06. The summed E-state index contributed by atoms with van der Waals surface area (Å²) in [6.07, 6.45) is 6.61. The molecule has 19 heavy (non-hydrogen) atoms. The van der Waals surface area contributed by atoms with Crippen molar-refractivity contribution in [3.8, 4) is 0 Å². The summed E-state index contributed by atoms with van der Waals surface area (Å²) in [5.41, 5.74) is -0.670. The standard InChI is InChI=1S/C15H24O4/c1-11(16)18-13-7-6-9-14(3)8-4-5-10-15(13,14)19-12(2)17/h13H,4-10H2,1-3H3/t13-,14+,15+/m0/s1. The Kier molecular flexibility index (Phi) is 3.88. The van der Waals surface area contributed by atoms with Gasteiger partial charge in [0.05, 0.1) is 0 Å². The molecule has 0 aromatic rings. The van der Waals surface area contributed by atoms with Crippen molar-refractivity contribution in [3.63, 3.8) is 0 Å². The lowest BCUT2D eigenvalue weighted by Crippen LogP contribution is -2.62. The van der Waals surface area contributed by atoms with E-state index in [1.165, 1.54) is 13.8 Å². The number of fused-ring (bicyclic) bond motifs is 1. The van der Waals surface area contributed by atoms with Gasteiger partial charge in [-0.25, -0.2) is 0 Å². The van der Waals surface area contributed by atoms with Gasteiger partial charge in [0.15, 0.2) is 5.60 Å². The molecule has 0 heterocycles. The van der Waals surface area contributed by atoms with E-state index in [9.17, 15) is 9.59 Å². The number of ether oxygens (including phenoxy) is 2. The number of hydrogen-bond acceptors (Lipinski definition) is 4. The van der Waals surface area contributed by atoms with Gasteiger partial charge in [-0.1, -0.05) is 13.3 Å². The maximum atomic E-state index is 11.6. The average Bonchev–Trinajstić information content (AvgIpc) is 2.29. The first kappa shape index (κ1) is 14.4. The molecule has 4 nitrogen and oxygen atoms in total.